The maximum Gasteiger partial charge on any atom is 0.0711 e. The molecule has 2 fully saturated rings. The Bertz CT molecular complexity index is 233. The summed E-state index contributed by atoms with van der Waals surface area (Å²) in [6, 6.07) is 0. The third kappa shape index (κ3) is 4.91. The average molecular weight is 290 g/mol. The van der Waals surface area contributed by atoms with Crippen LogP contribution in [0.25, 0.3) is 0 Å². The summed E-state index contributed by atoms with van der Waals surface area (Å²) in [6.45, 7) is 1.98. The van der Waals surface area contributed by atoms with Gasteiger partial charge in [-0.05, 0) is 45.7 Å². The summed E-state index contributed by atoms with van der Waals surface area (Å²) in [5, 5.41) is 0. The van der Waals surface area contributed by atoms with Crippen molar-refractivity contribution in [3.63, 3.8) is 0 Å². The van der Waals surface area contributed by atoms with Crippen LogP contribution in [0.4, 0.5) is 0 Å². The molecule has 19 heavy (non-hydrogen) atoms. The minimum atomic E-state index is 0. The lowest BCUT2D eigenvalue weighted by molar-refractivity contribution is -0.120. The molecular formula is C16H32ClNO. The van der Waals surface area contributed by atoms with Crippen LogP contribution in [0.5, 0.6) is 0 Å². The van der Waals surface area contributed by atoms with Gasteiger partial charge in [0.1, 0.15) is 0 Å². The fourth-order valence-corrected chi connectivity index (χ4v) is 3.88. The quantitative estimate of drug-likeness (QED) is 0.749. The molecule has 0 unspecified atom stereocenters. The van der Waals surface area contributed by atoms with Crippen LogP contribution in [-0.4, -0.2) is 37.7 Å². The van der Waals surface area contributed by atoms with Gasteiger partial charge in [-0.3, -0.25) is 0 Å². The van der Waals surface area contributed by atoms with Crippen LogP contribution in [0, 0.1) is 5.92 Å². The Kier molecular flexibility index (Phi) is 7.71. The molecule has 114 valence electrons. The highest BCUT2D eigenvalue weighted by molar-refractivity contribution is 5.85. The highest BCUT2D eigenvalue weighted by Gasteiger charge is 2.40. The molecule has 0 spiro atoms. The molecule has 2 saturated carbocycles. The van der Waals surface area contributed by atoms with E-state index in [1.807, 2.05) is 0 Å². The molecule has 3 heteroatoms. The number of hydrogen-bond acceptors (Lipinski definition) is 2. The van der Waals surface area contributed by atoms with Crippen molar-refractivity contribution in [2.45, 2.75) is 69.8 Å². The van der Waals surface area contributed by atoms with Crippen molar-refractivity contribution in [2.24, 2.45) is 5.92 Å². The van der Waals surface area contributed by atoms with Crippen molar-refractivity contribution in [2.75, 3.05) is 27.2 Å². The molecular weight excluding hydrogens is 258 g/mol. The van der Waals surface area contributed by atoms with Gasteiger partial charge in [-0.1, -0.05) is 38.5 Å². The van der Waals surface area contributed by atoms with Gasteiger partial charge in [0, 0.05) is 6.54 Å². The predicted octanol–water partition coefficient (Wildman–Crippen LogP) is 4.27. The van der Waals surface area contributed by atoms with E-state index in [-0.39, 0.29) is 18.0 Å². The van der Waals surface area contributed by atoms with E-state index in [1.165, 1.54) is 64.2 Å². The van der Waals surface area contributed by atoms with Crippen molar-refractivity contribution in [1.82, 2.24) is 4.90 Å². The molecule has 0 amide bonds. The first kappa shape index (κ1) is 17.3. The Balaban J connectivity index is 0.00000180. The summed E-state index contributed by atoms with van der Waals surface area (Å²) in [4.78, 5) is 2.23. The van der Waals surface area contributed by atoms with Gasteiger partial charge in [0.2, 0.25) is 0 Å². The summed E-state index contributed by atoms with van der Waals surface area (Å²) >= 11 is 0. The number of nitrogens with zero attached hydrogens (tertiary/aromatic N) is 1. The van der Waals surface area contributed by atoms with Crippen LogP contribution in [0.3, 0.4) is 0 Å². The third-order valence-electron chi connectivity index (χ3n) is 4.98. The summed E-state index contributed by atoms with van der Waals surface area (Å²) in [6.07, 6.45) is 14.0. The van der Waals surface area contributed by atoms with Crippen LogP contribution < -0.4 is 0 Å². The Hall–Kier alpha value is 0.210. The fraction of sp³-hybridized carbons (Fsp3) is 1.00. The maximum atomic E-state index is 6.48. The smallest absolute Gasteiger partial charge is 0.0711 e. The number of halogens is 1. The first-order valence-corrected chi connectivity index (χ1v) is 8.02. The summed E-state index contributed by atoms with van der Waals surface area (Å²) in [7, 11) is 4.27. The SMILES string of the molecule is CN(C)CCOC1(C2CCCCC2)CCCCC1.Cl. The topological polar surface area (TPSA) is 12.5 Å². The monoisotopic (exact) mass is 289 g/mol. The van der Waals surface area contributed by atoms with Gasteiger partial charge in [-0.25, -0.2) is 0 Å². The standard InChI is InChI=1S/C16H31NO.ClH/c1-17(2)13-14-18-16(11-7-4-8-12-16)15-9-5-3-6-10-15;/h15H,3-14H2,1-2H3;1H. The van der Waals surface area contributed by atoms with Crippen molar-refractivity contribution < 1.29 is 4.74 Å². The zero-order valence-electron chi connectivity index (χ0n) is 12.8. The second-order valence-electron chi connectivity index (χ2n) is 6.61. The molecule has 2 rings (SSSR count). The highest BCUT2D eigenvalue weighted by Crippen LogP contribution is 2.44. The lowest BCUT2D eigenvalue weighted by atomic mass is 9.69. The molecule has 0 aromatic heterocycles. The van der Waals surface area contributed by atoms with Gasteiger partial charge in [-0.2, -0.15) is 0 Å². The van der Waals surface area contributed by atoms with Gasteiger partial charge in [0.15, 0.2) is 0 Å². The lowest BCUT2D eigenvalue weighted by Crippen LogP contribution is -2.44. The first-order valence-electron chi connectivity index (χ1n) is 8.02. The molecule has 0 aliphatic heterocycles. The number of hydrogen-bond donors (Lipinski definition) is 0. The number of ether oxygens (including phenoxy) is 1. The fourth-order valence-electron chi connectivity index (χ4n) is 3.88. The van der Waals surface area contributed by atoms with E-state index in [9.17, 15) is 0 Å². The van der Waals surface area contributed by atoms with Crippen molar-refractivity contribution in [3.05, 3.63) is 0 Å². The van der Waals surface area contributed by atoms with Gasteiger partial charge in [0.25, 0.3) is 0 Å². The normalized spacial score (nSPS) is 24.2. The molecule has 0 aromatic carbocycles. The van der Waals surface area contributed by atoms with Gasteiger partial charge in [0.05, 0.1) is 12.2 Å². The van der Waals surface area contributed by atoms with Gasteiger partial charge >= 0.3 is 0 Å². The molecule has 2 nitrogen and oxygen atoms in total. The van der Waals surface area contributed by atoms with Crippen molar-refractivity contribution in [1.29, 1.82) is 0 Å². The van der Waals surface area contributed by atoms with Crippen LogP contribution >= 0.6 is 12.4 Å². The number of likely N-dealkylation sites (N-methyl/N-ethyl adjacent to an activating group) is 1. The Morgan fingerprint density at radius 2 is 1.53 bits per heavy atom. The molecule has 0 heterocycles. The van der Waals surface area contributed by atoms with Gasteiger partial charge in [-0.15, -0.1) is 12.4 Å². The summed E-state index contributed by atoms with van der Waals surface area (Å²) in [5.41, 5.74) is 0.259. The zero-order chi connectivity index (χ0) is 12.8. The molecule has 2 aliphatic rings. The molecule has 0 radical (unpaired) electrons. The van der Waals surface area contributed by atoms with Crippen LogP contribution in [0.15, 0.2) is 0 Å². The third-order valence-corrected chi connectivity index (χ3v) is 4.98. The van der Waals surface area contributed by atoms with E-state index in [0.717, 1.165) is 19.1 Å². The predicted molar refractivity (Wildman–Crippen MR) is 84.1 cm³/mol. The van der Waals surface area contributed by atoms with E-state index in [1.54, 1.807) is 0 Å². The molecule has 0 aromatic rings. The zero-order valence-corrected chi connectivity index (χ0v) is 13.6. The highest BCUT2D eigenvalue weighted by atomic mass is 35.5. The van der Waals surface area contributed by atoms with E-state index < -0.39 is 0 Å². The number of rotatable bonds is 5. The Morgan fingerprint density at radius 3 is 2.11 bits per heavy atom. The second-order valence-corrected chi connectivity index (χ2v) is 6.61. The Morgan fingerprint density at radius 1 is 0.947 bits per heavy atom. The second kappa shape index (κ2) is 8.49. The van der Waals surface area contributed by atoms with E-state index in [2.05, 4.69) is 19.0 Å². The minimum absolute atomic E-state index is 0. The van der Waals surface area contributed by atoms with Crippen LogP contribution in [0.1, 0.15) is 64.2 Å². The summed E-state index contributed by atoms with van der Waals surface area (Å²) in [5.74, 6) is 0.855. The maximum absolute atomic E-state index is 6.48. The Labute approximate surface area is 125 Å². The van der Waals surface area contributed by atoms with E-state index >= 15 is 0 Å². The van der Waals surface area contributed by atoms with Crippen LogP contribution in [-0.2, 0) is 4.74 Å². The largest absolute Gasteiger partial charge is 0.373 e. The molecule has 0 N–H and O–H groups in total. The minimum Gasteiger partial charge on any atom is -0.373 e. The lowest BCUT2D eigenvalue weighted by Gasteiger charge is -2.45. The molecule has 2 aliphatic carbocycles. The van der Waals surface area contributed by atoms with Crippen molar-refractivity contribution >= 4 is 12.4 Å². The van der Waals surface area contributed by atoms with Gasteiger partial charge < -0.3 is 9.64 Å². The molecule has 0 saturated heterocycles. The van der Waals surface area contributed by atoms with Crippen molar-refractivity contribution in [3.8, 4) is 0 Å². The average Bonchev–Trinajstić information content (AvgIpc) is 2.40. The summed E-state index contributed by atoms with van der Waals surface area (Å²) < 4.78 is 6.48. The molecule has 0 bridgehead atoms. The molecule has 0 atom stereocenters. The first-order chi connectivity index (χ1) is 8.73. The van der Waals surface area contributed by atoms with E-state index in [0.29, 0.717) is 0 Å². The van der Waals surface area contributed by atoms with E-state index in [4.69, 9.17) is 4.74 Å². The van der Waals surface area contributed by atoms with Crippen LogP contribution in [0.2, 0.25) is 0 Å².